The van der Waals surface area contributed by atoms with Crippen LogP contribution in [-0.4, -0.2) is 19.3 Å². The summed E-state index contributed by atoms with van der Waals surface area (Å²) in [5.41, 5.74) is 1.87. The molecule has 2 aromatic carbocycles. The van der Waals surface area contributed by atoms with E-state index < -0.39 is 11.6 Å². The van der Waals surface area contributed by atoms with Crippen LogP contribution in [0.3, 0.4) is 0 Å². The largest absolute Gasteiger partial charge is 0.491 e. The molecule has 0 atom stereocenters. The van der Waals surface area contributed by atoms with Gasteiger partial charge in [0, 0.05) is 6.61 Å². The maximum absolute atomic E-state index is 15.3. The van der Waals surface area contributed by atoms with Gasteiger partial charge in [-0.1, -0.05) is 57.0 Å². The van der Waals surface area contributed by atoms with E-state index in [1.54, 1.807) is 6.07 Å². The minimum atomic E-state index is -0.649. The topological polar surface area (TPSA) is 18.5 Å². The van der Waals surface area contributed by atoms with E-state index in [1.165, 1.54) is 6.07 Å². The quantitative estimate of drug-likeness (QED) is 0.248. The van der Waals surface area contributed by atoms with Crippen LogP contribution >= 0.6 is 0 Å². The molecule has 4 rings (SSSR count). The molecule has 2 aromatic rings. The van der Waals surface area contributed by atoms with Crippen LogP contribution in [0.2, 0.25) is 0 Å². The third kappa shape index (κ3) is 8.13. The predicted molar refractivity (Wildman–Crippen MR) is 153 cm³/mol. The molecule has 2 saturated carbocycles. The highest BCUT2D eigenvalue weighted by molar-refractivity contribution is 5.51. The molecule has 39 heavy (non-hydrogen) atoms. The van der Waals surface area contributed by atoms with Gasteiger partial charge in [0.1, 0.15) is 0 Å². The fraction of sp³-hybridized carbons (Fsp3) is 0.588. The zero-order chi connectivity index (χ0) is 27.6. The second kappa shape index (κ2) is 14.9. The summed E-state index contributed by atoms with van der Waals surface area (Å²) in [6, 6.07) is 8.75. The Hall–Kier alpha value is -2.27. The van der Waals surface area contributed by atoms with Crippen molar-refractivity contribution in [2.45, 2.75) is 109 Å². The Labute approximate surface area is 233 Å². The lowest BCUT2D eigenvalue weighted by atomic mass is 9.77. The van der Waals surface area contributed by atoms with Crippen molar-refractivity contribution < 1.29 is 22.6 Å². The van der Waals surface area contributed by atoms with Crippen LogP contribution in [0, 0.1) is 23.4 Å². The van der Waals surface area contributed by atoms with Crippen molar-refractivity contribution in [1.82, 2.24) is 0 Å². The smallest absolute Gasteiger partial charge is 0.165 e. The van der Waals surface area contributed by atoms with Gasteiger partial charge in [-0.2, -0.15) is 0 Å². The molecule has 0 aliphatic heterocycles. The SMILES string of the molecule is CCCCOc1ccc(/C=C/C2CCC(c3ccc(C4CCC(OCCCC)CC4)c(F)c3F)CC2)cc1F. The van der Waals surface area contributed by atoms with Crippen molar-refractivity contribution in [2.75, 3.05) is 13.2 Å². The van der Waals surface area contributed by atoms with Gasteiger partial charge in [0.2, 0.25) is 0 Å². The molecule has 0 unspecified atom stereocenters. The van der Waals surface area contributed by atoms with Gasteiger partial charge in [0.05, 0.1) is 12.7 Å². The van der Waals surface area contributed by atoms with Gasteiger partial charge in [0.15, 0.2) is 23.2 Å². The van der Waals surface area contributed by atoms with E-state index in [2.05, 4.69) is 19.9 Å². The Kier molecular flexibility index (Phi) is 11.4. The van der Waals surface area contributed by atoms with Crippen molar-refractivity contribution >= 4 is 6.08 Å². The highest BCUT2D eigenvalue weighted by Gasteiger charge is 2.29. The lowest BCUT2D eigenvalue weighted by Gasteiger charge is -2.30. The molecule has 2 aliphatic carbocycles. The molecule has 2 fully saturated rings. The molecule has 0 bridgehead atoms. The molecule has 214 valence electrons. The Morgan fingerprint density at radius 3 is 1.92 bits per heavy atom. The molecular formula is C34H45F3O2. The number of hydrogen-bond acceptors (Lipinski definition) is 2. The van der Waals surface area contributed by atoms with Crippen molar-refractivity contribution in [3.8, 4) is 5.75 Å². The average molecular weight is 543 g/mol. The summed E-state index contributed by atoms with van der Waals surface area (Å²) < 4.78 is 56.3. The van der Waals surface area contributed by atoms with Gasteiger partial charge in [0.25, 0.3) is 0 Å². The molecule has 0 heterocycles. The summed E-state index contributed by atoms with van der Waals surface area (Å²) in [5, 5.41) is 0. The molecule has 2 aliphatic rings. The maximum atomic E-state index is 15.3. The zero-order valence-electron chi connectivity index (χ0n) is 23.7. The van der Waals surface area contributed by atoms with E-state index >= 15 is 8.78 Å². The van der Waals surface area contributed by atoms with E-state index in [0.29, 0.717) is 29.4 Å². The molecule has 5 heteroatoms. The first kappa shape index (κ1) is 29.7. The first-order valence-corrected chi connectivity index (χ1v) is 15.2. The summed E-state index contributed by atoms with van der Waals surface area (Å²) in [4.78, 5) is 0. The Balaban J connectivity index is 1.28. The van der Waals surface area contributed by atoms with E-state index in [0.717, 1.165) is 89.2 Å². The molecule has 0 N–H and O–H groups in total. The number of allylic oxidation sites excluding steroid dienone is 1. The minimum absolute atomic E-state index is 0.0397. The van der Waals surface area contributed by atoms with Crippen LogP contribution < -0.4 is 4.74 Å². The Morgan fingerprint density at radius 2 is 1.33 bits per heavy atom. The van der Waals surface area contributed by atoms with Crippen molar-refractivity contribution in [2.24, 2.45) is 5.92 Å². The van der Waals surface area contributed by atoms with Crippen LogP contribution in [0.4, 0.5) is 13.2 Å². The molecule has 0 radical (unpaired) electrons. The zero-order valence-corrected chi connectivity index (χ0v) is 23.7. The predicted octanol–water partition coefficient (Wildman–Crippen LogP) is 10.1. The number of unbranched alkanes of at least 4 members (excludes halogenated alkanes) is 2. The molecule has 0 amide bonds. The van der Waals surface area contributed by atoms with Crippen LogP contribution in [-0.2, 0) is 4.74 Å². The van der Waals surface area contributed by atoms with Crippen LogP contribution in [0.25, 0.3) is 6.08 Å². The summed E-state index contributed by atoms with van der Waals surface area (Å²) in [6.45, 7) is 5.54. The normalized spacial score (nSPS) is 23.8. The van der Waals surface area contributed by atoms with Gasteiger partial charge in [-0.25, -0.2) is 13.2 Å². The second-order valence-corrected chi connectivity index (χ2v) is 11.4. The highest BCUT2D eigenvalue weighted by atomic mass is 19.2. The van der Waals surface area contributed by atoms with E-state index in [1.807, 2.05) is 24.3 Å². The van der Waals surface area contributed by atoms with Gasteiger partial charge in [-0.05, 0) is 111 Å². The molecular weight excluding hydrogens is 497 g/mol. The third-order valence-corrected chi connectivity index (χ3v) is 8.59. The van der Waals surface area contributed by atoms with Crippen LogP contribution in [0.1, 0.15) is 119 Å². The van der Waals surface area contributed by atoms with Gasteiger partial charge in [-0.3, -0.25) is 0 Å². The van der Waals surface area contributed by atoms with Gasteiger partial charge in [-0.15, -0.1) is 0 Å². The number of benzene rings is 2. The molecule has 0 spiro atoms. The van der Waals surface area contributed by atoms with Crippen molar-refractivity contribution in [3.05, 3.63) is 70.5 Å². The highest BCUT2D eigenvalue weighted by Crippen LogP contribution is 2.41. The fourth-order valence-corrected chi connectivity index (χ4v) is 6.08. The van der Waals surface area contributed by atoms with Crippen LogP contribution in [0.15, 0.2) is 36.4 Å². The summed E-state index contributed by atoms with van der Waals surface area (Å²) in [6.07, 6.45) is 15.4. The summed E-state index contributed by atoms with van der Waals surface area (Å²) >= 11 is 0. The Bertz CT molecular complexity index is 1070. The monoisotopic (exact) mass is 542 g/mol. The summed E-state index contributed by atoms with van der Waals surface area (Å²) in [7, 11) is 0. The molecule has 0 saturated heterocycles. The lowest BCUT2D eigenvalue weighted by molar-refractivity contribution is 0.0230. The second-order valence-electron chi connectivity index (χ2n) is 11.4. The number of rotatable bonds is 12. The average Bonchev–Trinajstić information content (AvgIpc) is 2.95. The van der Waals surface area contributed by atoms with Crippen molar-refractivity contribution in [1.29, 1.82) is 0 Å². The van der Waals surface area contributed by atoms with Crippen molar-refractivity contribution in [3.63, 3.8) is 0 Å². The minimum Gasteiger partial charge on any atom is -0.491 e. The number of ether oxygens (including phenoxy) is 2. The summed E-state index contributed by atoms with van der Waals surface area (Å²) in [5.74, 6) is -0.873. The van der Waals surface area contributed by atoms with E-state index in [4.69, 9.17) is 9.47 Å². The molecule has 2 nitrogen and oxygen atoms in total. The fourth-order valence-electron chi connectivity index (χ4n) is 6.08. The third-order valence-electron chi connectivity index (χ3n) is 8.59. The molecule has 0 aromatic heterocycles. The van der Waals surface area contributed by atoms with Gasteiger partial charge >= 0.3 is 0 Å². The van der Waals surface area contributed by atoms with E-state index in [-0.39, 0.29) is 23.8 Å². The number of halogens is 3. The van der Waals surface area contributed by atoms with Crippen LogP contribution in [0.5, 0.6) is 5.75 Å². The number of hydrogen-bond donors (Lipinski definition) is 0. The maximum Gasteiger partial charge on any atom is 0.165 e. The van der Waals surface area contributed by atoms with E-state index in [9.17, 15) is 4.39 Å². The first-order valence-electron chi connectivity index (χ1n) is 15.2. The first-order chi connectivity index (χ1) is 19.0. The van der Waals surface area contributed by atoms with Gasteiger partial charge < -0.3 is 9.47 Å². The Morgan fingerprint density at radius 1 is 0.744 bits per heavy atom. The lowest BCUT2D eigenvalue weighted by Crippen LogP contribution is -2.22. The standard InChI is InChI=1S/C34H45F3O2/c1-3-5-21-38-28-16-14-27(15-17-28)30-19-18-29(33(36)34(30)37)26-12-9-24(10-13-26)7-8-25-11-20-32(31(35)23-25)39-22-6-4-2/h7-8,11,18-20,23-24,26-28H,3-6,9-10,12-17,21-22H2,1-2H3/b8-7+.